The van der Waals surface area contributed by atoms with Gasteiger partial charge < -0.3 is 15.6 Å². The number of allylic oxidation sites excluding steroid dienone is 1. The van der Waals surface area contributed by atoms with Gasteiger partial charge in [-0.2, -0.15) is 13.1 Å². The minimum atomic E-state index is -3.71. The molecule has 0 amide bonds. The molecule has 1 aromatic rings. The van der Waals surface area contributed by atoms with Crippen LogP contribution in [0, 0.1) is 0 Å². The zero-order chi connectivity index (χ0) is 19.9. The molecule has 27 heavy (non-hydrogen) atoms. The van der Waals surface area contributed by atoms with Gasteiger partial charge in [-0.3, -0.25) is 4.99 Å². The molecule has 0 bridgehead atoms. The van der Waals surface area contributed by atoms with Crippen LogP contribution in [0.5, 0.6) is 5.75 Å². The number of aromatic hydroxyl groups is 1. The van der Waals surface area contributed by atoms with Crippen LogP contribution in [0.3, 0.4) is 0 Å². The van der Waals surface area contributed by atoms with Crippen molar-refractivity contribution in [2.24, 2.45) is 15.7 Å². The van der Waals surface area contributed by atoms with Crippen molar-refractivity contribution >= 4 is 22.6 Å². The number of alkyl halides is 2. The van der Waals surface area contributed by atoms with Gasteiger partial charge in [0, 0.05) is 13.1 Å². The fraction of sp³-hybridized carbons (Fsp3) is 0.375. The largest absolute Gasteiger partial charge is 0.508 e. The highest BCUT2D eigenvalue weighted by Gasteiger charge is 2.29. The Morgan fingerprint density at radius 3 is 2.67 bits per heavy atom. The Labute approximate surface area is 155 Å². The van der Waals surface area contributed by atoms with Crippen LogP contribution in [-0.2, 0) is 14.8 Å². The number of ether oxygens (including phenoxy) is 1. The van der Waals surface area contributed by atoms with Gasteiger partial charge in [0.2, 0.25) is 10.0 Å². The van der Waals surface area contributed by atoms with Crippen molar-refractivity contribution < 1.29 is 27.0 Å². The Morgan fingerprint density at radius 1 is 1.37 bits per heavy atom. The SMILES string of the molecule is NC=N/C=C(\C=NC1CCN(S(=O)(=O)c2cccc(O)c2)CC1)OC(F)F. The van der Waals surface area contributed by atoms with E-state index in [-0.39, 0.29) is 35.5 Å². The number of nitrogens with zero attached hydrogens (tertiary/aromatic N) is 3. The van der Waals surface area contributed by atoms with E-state index in [0.717, 1.165) is 18.8 Å². The smallest absolute Gasteiger partial charge is 0.387 e. The molecule has 1 aromatic carbocycles. The number of phenolic OH excluding ortho intramolecular Hbond substituents is 1. The predicted octanol–water partition coefficient (Wildman–Crippen LogP) is 1.68. The molecule has 0 aliphatic carbocycles. The van der Waals surface area contributed by atoms with Gasteiger partial charge in [-0.1, -0.05) is 6.07 Å². The Hall–Kier alpha value is -2.53. The fourth-order valence-corrected chi connectivity index (χ4v) is 4.03. The van der Waals surface area contributed by atoms with Crippen molar-refractivity contribution in [3.8, 4) is 5.75 Å². The Bertz CT molecular complexity index is 819. The lowest BCUT2D eigenvalue weighted by molar-refractivity contribution is -0.0894. The molecule has 11 heteroatoms. The van der Waals surface area contributed by atoms with Crippen molar-refractivity contribution in [3.63, 3.8) is 0 Å². The molecule has 3 N–H and O–H groups in total. The molecule has 1 heterocycles. The number of piperidine rings is 1. The molecular formula is C16H20F2N4O4S. The van der Waals surface area contributed by atoms with Crippen molar-refractivity contribution in [2.45, 2.75) is 30.4 Å². The van der Waals surface area contributed by atoms with Crippen molar-refractivity contribution in [1.29, 1.82) is 0 Å². The molecular weight excluding hydrogens is 382 g/mol. The third-order valence-electron chi connectivity index (χ3n) is 3.80. The lowest BCUT2D eigenvalue weighted by atomic mass is 10.1. The highest BCUT2D eigenvalue weighted by Crippen LogP contribution is 2.24. The standard InChI is InChI=1S/C16H20F2N4O4S/c17-16(18)26-14(9-20-11-19)10-21-12-4-6-22(7-5-12)27(24,25)15-3-1-2-13(23)8-15/h1-3,8-12,16,23H,4-7H2,(H2,19,20)/b14-9+,21-10?. The molecule has 1 fully saturated rings. The second-order valence-electron chi connectivity index (χ2n) is 5.62. The molecule has 1 aliphatic heterocycles. The number of phenols is 1. The van der Waals surface area contributed by atoms with Gasteiger partial charge in [-0.05, 0) is 31.0 Å². The predicted molar refractivity (Wildman–Crippen MR) is 96.2 cm³/mol. The summed E-state index contributed by atoms with van der Waals surface area (Å²) in [4.78, 5) is 7.69. The Morgan fingerprint density at radius 2 is 2.07 bits per heavy atom. The van der Waals surface area contributed by atoms with Crippen molar-refractivity contribution in [3.05, 3.63) is 36.2 Å². The van der Waals surface area contributed by atoms with Crippen LogP contribution in [-0.4, -0.2) is 56.1 Å². The van der Waals surface area contributed by atoms with E-state index in [0.29, 0.717) is 12.8 Å². The Balaban J connectivity index is 2.00. The fourth-order valence-electron chi connectivity index (χ4n) is 2.52. The molecule has 1 aliphatic rings. The van der Waals surface area contributed by atoms with E-state index in [2.05, 4.69) is 14.7 Å². The molecule has 1 saturated heterocycles. The number of rotatable bonds is 7. The minimum absolute atomic E-state index is 0.0136. The molecule has 0 saturated carbocycles. The number of benzene rings is 1. The lowest BCUT2D eigenvalue weighted by Crippen LogP contribution is -2.39. The van der Waals surface area contributed by atoms with Crippen LogP contribution in [0.25, 0.3) is 0 Å². The second kappa shape index (κ2) is 9.42. The topological polar surface area (TPSA) is 118 Å². The quantitative estimate of drug-likeness (QED) is 0.409. The van der Waals surface area contributed by atoms with Crippen LogP contribution in [0.2, 0.25) is 0 Å². The normalized spacial score (nSPS) is 18.0. The maximum Gasteiger partial charge on any atom is 0.387 e. The van der Waals surface area contributed by atoms with Crippen LogP contribution in [0.4, 0.5) is 8.78 Å². The van der Waals surface area contributed by atoms with E-state index in [1.807, 2.05) is 0 Å². The third kappa shape index (κ3) is 6.00. The number of halogens is 2. The maximum absolute atomic E-state index is 12.6. The molecule has 2 rings (SSSR count). The van der Waals surface area contributed by atoms with Gasteiger partial charge in [-0.25, -0.2) is 13.4 Å². The van der Waals surface area contributed by atoms with Gasteiger partial charge in [0.15, 0.2) is 5.76 Å². The van der Waals surface area contributed by atoms with Gasteiger partial charge in [-0.15, -0.1) is 0 Å². The molecule has 0 radical (unpaired) electrons. The van der Waals surface area contributed by atoms with E-state index < -0.39 is 16.6 Å². The molecule has 8 nitrogen and oxygen atoms in total. The average molecular weight is 402 g/mol. The van der Waals surface area contributed by atoms with E-state index in [4.69, 9.17) is 5.73 Å². The van der Waals surface area contributed by atoms with E-state index >= 15 is 0 Å². The van der Waals surface area contributed by atoms with Crippen LogP contribution < -0.4 is 5.73 Å². The van der Waals surface area contributed by atoms with Crippen LogP contribution in [0.15, 0.2) is 51.1 Å². The summed E-state index contributed by atoms with van der Waals surface area (Å²) in [6, 6.07) is 5.21. The Kier molecular flexibility index (Phi) is 7.25. The van der Waals surface area contributed by atoms with Gasteiger partial charge >= 0.3 is 6.61 Å². The zero-order valence-electron chi connectivity index (χ0n) is 14.3. The third-order valence-corrected chi connectivity index (χ3v) is 5.70. The summed E-state index contributed by atoms with van der Waals surface area (Å²) >= 11 is 0. The van der Waals surface area contributed by atoms with Gasteiger partial charge in [0.1, 0.15) is 5.75 Å². The first-order valence-electron chi connectivity index (χ1n) is 8.03. The average Bonchev–Trinajstić information content (AvgIpc) is 2.64. The van der Waals surface area contributed by atoms with Crippen LogP contribution in [0.1, 0.15) is 12.8 Å². The minimum Gasteiger partial charge on any atom is -0.508 e. The maximum atomic E-state index is 12.6. The summed E-state index contributed by atoms with van der Waals surface area (Å²) in [7, 11) is -3.71. The summed E-state index contributed by atoms with van der Waals surface area (Å²) in [5, 5.41) is 9.47. The summed E-state index contributed by atoms with van der Waals surface area (Å²) in [5.41, 5.74) is 5.06. The first kappa shape index (κ1) is 20.8. The highest BCUT2D eigenvalue weighted by atomic mass is 32.2. The zero-order valence-corrected chi connectivity index (χ0v) is 15.1. The summed E-state index contributed by atoms with van der Waals surface area (Å²) in [6.45, 7) is -2.59. The van der Waals surface area contributed by atoms with Crippen molar-refractivity contribution in [1.82, 2.24) is 4.31 Å². The van der Waals surface area contributed by atoms with E-state index in [1.165, 1.54) is 28.6 Å². The molecule has 0 aromatic heterocycles. The monoisotopic (exact) mass is 402 g/mol. The second-order valence-corrected chi connectivity index (χ2v) is 7.56. The summed E-state index contributed by atoms with van der Waals surface area (Å²) in [5.74, 6) is -0.379. The number of hydrogen-bond acceptors (Lipinski definition) is 6. The number of nitrogens with two attached hydrogens (primary N) is 1. The van der Waals surface area contributed by atoms with Gasteiger partial charge in [0.05, 0.1) is 29.7 Å². The number of hydrogen-bond donors (Lipinski definition) is 2. The molecule has 0 atom stereocenters. The first-order chi connectivity index (χ1) is 12.8. The van der Waals surface area contributed by atoms with E-state index in [9.17, 15) is 22.3 Å². The van der Waals surface area contributed by atoms with Crippen molar-refractivity contribution in [2.75, 3.05) is 13.1 Å². The number of sulfonamides is 1. The molecule has 0 unspecified atom stereocenters. The summed E-state index contributed by atoms with van der Waals surface area (Å²) in [6.07, 6.45) is 3.89. The highest BCUT2D eigenvalue weighted by molar-refractivity contribution is 7.89. The van der Waals surface area contributed by atoms with Crippen LogP contribution >= 0.6 is 0 Å². The molecule has 148 valence electrons. The van der Waals surface area contributed by atoms with E-state index in [1.54, 1.807) is 0 Å². The first-order valence-corrected chi connectivity index (χ1v) is 9.47. The summed E-state index contributed by atoms with van der Waals surface area (Å²) < 4.78 is 55.4. The lowest BCUT2D eigenvalue weighted by Gasteiger charge is -2.29. The number of aliphatic imine (C=N–C) groups is 2. The molecule has 0 spiro atoms. The van der Waals surface area contributed by atoms with Gasteiger partial charge in [0.25, 0.3) is 0 Å².